The quantitative estimate of drug-likeness (QED) is 0.0471. The van der Waals surface area contributed by atoms with Crippen molar-refractivity contribution in [3.05, 3.63) is 24.3 Å². The zero-order valence-corrected chi connectivity index (χ0v) is 49.4. The summed E-state index contributed by atoms with van der Waals surface area (Å²) in [5, 5.41) is 12.9. The summed E-state index contributed by atoms with van der Waals surface area (Å²) in [5.74, 6) is 0.642. The van der Waals surface area contributed by atoms with Gasteiger partial charge in [-0.05, 0) is 57.8 Å². The Labute approximate surface area is 452 Å². The van der Waals surface area contributed by atoms with Crippen molar-refractivity contribution in [2.24, 2.45) is 0 Å². The van der Waals surface area contributed by atoms with Crippen molar-refractivity contribution in [3.63, 3.8) is 0 Å². The number of aliphatic hydroxyl groups excluding tert-OH is 1. The number of aliphatic hydroxyl groups is 1. The van der Waals surface area contributed by atoms with Crippen molar-refractivity contribution in [2.75, 3.05) is 6.61 Å². The molecule has 0 aliphatic rings. The molecule has 0 saturated carbocycles. The van der Waals surface area contributed by atoms with E-state index in [-0.39, 0.29) is 18.6 Å². The lowest BCUT2D eigenvalue weighted by atomic mass is 10.0. The van der Waals surface area contributed by atoms with Gasteiger partial charge in [0.1, 0.15) is 5.78 Å². The van der Waals surface area contributed by atoms with Crippen LogP contribution >= 0.6 is 0 Å². The van der Waals surface area contributed by atoms with Crippen LogP contribution in [-0.2, 0) is 9.59 Å². The van der Waals surface area contributed by atoms with Gasteiger partial charge in [-0.1, -0.05) is 334 Å². The summed E-state index contributed by atoms with van der Waals surface area (Å²) >= 11 is 0. The van der Waals surface area contributed by atoms with E-state index in [2.05, 4.69) is 43.5 Å². The maximum absolute atomic E-state index is 12.5. The molecular formula is C68H131NO3. The minimum atomic E-state index is -0.0604. The molecule has 4 heteroatoms. The van der Waals surface area contributed by atoms with Crippen LogP contribution in [0.15, 0.2) is 24.3 Å². The Morgan fingerprint density at radius 2 is 0.569 bits per heavy atom. The normalized spacial score (nSPS) is 12.3. The van der Waals surface area contributed by atoms with E-state index in [0.29, 0.717) is 12.2 Å². The number of rotatable bonds is 63. The van der Waals surface area contributed by atoms with Crippen molar-refractivity contribution < 1.29 is 14.7 Å². The van der Waals surface area contributed by atoms with Gasteiger partial charge in [-0.25, -0.2) is 0 Å². The summed E-state index contributed by atoms with van der Waals surface area (Å²) in [6.45, 7) is 4.62. The molecule has 426 valence electrons. The summed E-state index contributed by atoms with van der Waals surface area (Å²) in [4.78, 5) is 24.7. The van der Waals surface area contributed by atoms with Gasteiger partial charge in [-0.2, -0.15) is 0 Å². The molecule has 1 unspecified atom stereocenters. The second-order valence-electron chi connectivity index (χ2n) is 23.1. The Morgan fingerprint density at radius 3 is 0.889 bits per heavy atom. The molecule has 0 aromatic rings. The van der Waals surface area contributed by atoms with Crippen LogP contribution in [0.25, 0.3) is 0 Å². The Balaban J connectivity index is 3.30. The minimum absolute atomic E-state index is 0.0604. The van der Waals surface area contributed by atoms with E-state index in [9.17, 15) is 14.7 Å². The van der Waals surface area contributed by atoms with E-state index in [1.807, 2.05) is 0 Å². The second-order valence-corrected chi connectivity index (χ2v) is 23.1. The number of allylic oxidation sites excluding steroid dienone is 4. The Kier molecular flexibility index (Phi) is 62.6. The van der Waals surface area contributed by atoms with Gasteiger partial charge in [0.05, 0.1) is 12.6 Å². The van der Waals surface area contributed by atoms with E-state index >= 15 is 0 Å². The molecule has 0 spiro atoms. The van der Waals surface area contributed by atoms with Crippen LogP contribution < -0.4 is 5.32 Å². The smallest absolute Gasteiger partial charge is 0.220 e. The highest BCUT2D eigenvalue weighted by Crippen LogP contribution is 2.19. The molecule has 0 rings (SSSR count). The number of nitrogens with one attached hydrogen (secondary N) is 1. The third-order valence-electron chi connectivity index (χ3n) is 15.8. The number of hydrogen-bond donors (Lipinski definition) is 2. The zero-order chi connectivity index (χ0) is 52.0. The molecule has 1 amide bonds. The molecule has 1 atom stereocenters. The first-order chi connectivity index (χ1) is 35.6. The van der Waals surface area contributed by atoms with Crippen molar-refractivity contribution >= 4 is 11.7 Å². The second kappa shape index (κ2) is 63.9. The fraction of sp³-hybridized carbons (Fsp3) is 0.912. The van der Waals surface area contributed by atoms with Crippen molar-refractivity contribution in [2.45, 2.75) is 392 Å². The molecule has 0 bridgehead atoms. The monoisotopic (exact) mass is 1010 g/mol. The lowest BCUT2D eigenvalue weighted by molar-refractivity contribution is -0.122. The molecule has 0 fully saturated rings. The highest BCUT2D eigenvalue weighted by molar-refractivity contribution is 5.78. The Bertz CT molecular complexity index is 1100. The van der Waals surface area contributed by atoms with E-state index in [1.54, 1.807) is 0 Å². The summed E-state index contributed by atoms with van der Waals surface area (Å²) < 4.78 is 0. The first kappa shape index (κ1) is 70.6. The SMILES string of the molecule is CCCCC/C=C\C/C=C\CCCCCCCC(=O)CCCCCCCCCCCCCCCCCCCCCCCCCCCCCC(=O)NC(CO)CCCCCCCCCCCCCCCCCC. The third kappa shape index (κ3) is 61.1. The molecule has 0 heterocycles. The van der Waals surface area contributed by atoms with Crippen LogP contribution in [0.5, 0.6) is 0 Å². The number of unbranched alkanes of at least 4 members (excludes halogenated alkanes) is 49. The van der Waals surface area contributed by atoms with Crippen LogP contribution in [-0.4, -0.2) is 29.4 Å². The van der Waals surface area contributed by atoms with Gasteiger partial charge in [0.2, 0.25) is 5.91 Å². The Morgan fingerprint density at radius 1 is 0.319 bits per heavy atom. The fourth-order valence-corrected chi connectivity index (χ4v) is 10.7. The molecule has 4 nitrogen and oxygen atoms in total. The van der Waals surface area contributed by atoms with Crippen molar-refractivity contribution in [3.8, 4) is 0 Å². The number of Topliss-reactive ketones (excluding diaryl/α,β-unsaturated/α-hetero) is 1. The molecule has 0 aromatic carbocycles. The first-order valence-corrected chi connectivity index (χ1v) is 33.4. The topological polar surface area (TPSA) is 66.4 Å². The van der Waals surface area contributed by atoms with Gasteiger partial charge >= 0.3 is 0 Å². The molecule has 0 radical (unpaired) electrons. The fourth-order valence-electron chi connectivity index (χ4n) is 10.7. The standard InChI is InChI=1S/C68H131NO3/c1-3-5-7-9-11-13-15-17-19-34-37-41-45-49-53-57-61-66(65-70)69-68(72)64-60-56-52-48-44-40-36-32-30-28-26-24-22-20-21-23-25-27-29-31-35-39-43-47-51-55-59-63-67(71)62-58-54-50-46-42-38-33-18-16-14-12-10-8-6-4-2/h12,14,18,33,66,70H,3-11,13,15-17,19-32,34-65H2,1-2H3,(H,69,72)/b14-12-,33-18-. The number of hydrogen-bond acceptors (Lipinski definition) is 3. The van der Waals surface area contributed by atoms with Crippen LogP contribution in [0.4, 0.5) is 0 Å². The van der Waals surface area contributed by atoms with Crippen molar-refractivity contribution in [1.82, 2.24) is 5.32 Å². The zero-order valence-electron chi connectivity index (χ0n) is 49.4. The summed E-state index contributed by atoms with van der Waals surface area (Å²) in [5.41, 5.74) is 0. The van der Waals surface area contributed by atoms with Crippen LogP contribution in [0.3, 0.4) is 0 Å². The van der Waals surface area contributed by atoms with Gasteiger partial charge < -0.3 is 10.4 Å². The van der Waals surface area contributed by atoms with Gasteiger partial charge in [0.25, 0.3) is 0 Å². The largest absolute Gasteiger partial charge is 0.394 e. The maximum Gasteiger partial charge on any atom is 0.220 e. The summed E-state index contributed by atoms with van der Waals surface area (Å²) in [6.07, 6.45) is 84.8. The molecule has 0 saturated heterocycles. The summed E-state index contributed by atoms with van der Waals surface area (Å²) in [7, 11) is 0. The maximum atomic E-state index is 12.5. The van der Waals surface area contributed by atoms with E-state index in [4.69, 9.17) is 0 Å². The predicted molar refractivity (Wildman–Crippen MR) is 321 cm³/mol. The molecule has 0 aromatic heterocycles. The number of carbonyl (C=O) groups is 2. The van der Waals surface area contributed by atoms with E-state index < -0.39 is 0 Å². The molecule has 0 aliphatic heterocycles. The van der Waals surface area contributed by atoms with Gasteiger partial charge in [0.15, 0.2) is 0 Å². The third-order valence-corrected chi connectivity index (χ3v) is 15.8. The highest BCUT2D eigenvalue weighted by Gasteiger charge is 2.11. The van der Waals surface area contributed by atoms with Crippen LogP contribution in [0.1, 0.15) is 386 Å². The van der Waals surface area contributed by atoms with Crippen molar-refractivity contribution in [1.29, 1.82) is 0 Å². The average Bonchev–Trinajstić information content (AvgIpc) is 3.38. The molecule has 0 aliphatic carbocycles. The van der Waals surface area contributed by atoms with Gasteiger partial charge in [0, 0.05) is 19.3 Å². The van der Waals surface area contributed by atoms with Crippen LogP contribution in [0.2, 0.25) is 0 Å². The van der Waals surface area contributed by atoms with E-state index in [1.165, 1.54) is 308 Å². The molecule has 72 heavy (non-hydrogen) atoms. The van der Waals surface area contributed by atoms with E-state index in [0.717, 1.165) is 57.8 Å². The first-order valence-electron chi connectivity index (χ1n) is 33.4. The number of ketones is 1. The minimum Gasteiger partial charge on any atom is -0.394 e. The molecular weight excluding hydrogens is 879 g/mol. The lowest BCUT2D eigenvalue weighted by Crippen LogP contribution is -2.37. The van der Waals surface area contributed by atoms with Gasteiger partial charge in [-0.3, -0.25) is 9.59 Å². The number of carbonyl (C=O) groups excluding carboxylic acids is 2. The van der Waals surface area contributed by atoms with Gasteiger partial charge in [-0.15, -0.1) is 0 Å². The predicted octanol–water partition coefficient (Wildman–Crippen LogP) is 22.8. The lowest BCUT2D eigenvalue weighted by Gasteiger charge is -2.16. The Hall–Kier alpha value is -1.42. The van der Waals surface area contributed by atoms with Crippen LogP contribution in [0, 0.1) is 0 Å². The highest BCUT2D eigenvalue weighted by atomic mass is 16.3. The number of amides is 1. The average molecular weight is 1010 g/mol. The molecule has 2 N–H and O–H groups in total. The summed E-state index contributed by atoms with van der Waals surface area (Å²) in [6, 6.07) is -0.0604.